The normalized spacial score (nSPS) is 31.7. The van der Waals surface area contributed by atoms with Crippen LogP contribution < -0.4 is 14.2 Å². The Hall–Kier alpha value is -2.70. The maximum atomic E-state index is 13.8. The number of likely N-dealkylation sites (tertiary alicyclic amines) is 1. The minimum absolute atomic E-state index is 0.0349. The number of hydrogen-bond donors (Lipinski definition) is 2. The first-order chi connectivity index (χ1) is 19.7. The Labute approximate surface area is 240 Å². The first kappa shape index (κ1) is 27.2. The van der Waals surface area contributed by atoms with Gasteiger partial charge in [-0.15, -0.1) is 0 Å². The number of rotatable bonds is 9. The van der Waals surface area contributed by atoms with E-state index < -0.39 is 39.2 Å². The Bertz CT molecular complexity index is 1490. The fraction of sp³-hybridized carbons (Fsp3) is 0.567. The lowest BCUT2D eigenvalue weighted by molar-refractivity contribution is -0.190. The van der Waals surface area contributed by atoms with Crippen LogP contribution in [-0.4, -0.2) is 82.3 Å². The van der Waals surface area contributed by atoms with E-state index in [0.717, 1.165) is 24.2 Å². The summed E-state index contributed by atoms with van der Waals surface area (Å²) >= 11 is 0. The van der Waals surface area contributed by atoms with Crippen molar-refractivity contribution < 1.29 is 37.3 Å². The van der Waals surface area contributed by atoms with Crippen molar-refractivity contribution >= 4 is 16.0 Å². The van der Waals surface area contributed by atoms with Crippen LogP contribution in [-0.2, 0) is 31.3 Å². The maximum absolute atomic E-state index is 13.8. The van der Waals surface area contributed by atoms with E-state index in [9.17, 15) is 18.3 Å². The second kappa shape index (κ2) is 9.67. The number of carbonyl (C=O) groups excluding carboxylic acids is 1. The van der Waals surface area contributed by atoms with Crippen molar-refractivity contribution in [3.05, 3.63) is 53.1 Å². The van der Waals surface area contributed by atoms with Gasteiger partial charge < -0.3 is 24.1 Å². The lowest BCUT2D eigenvalue weighted by Crippen LogP contribution is -2.78. The molecule has 3 fully saturated rings. The van der Waals surface area contributed by atoms with E-state index in [-0.39, 0.29) is 23.3 Å². The van der Waals surface area contributed by atoms with Crippen LogP contribution in [0.3, 0.4) is 0 Å². The van der Waals surface area contributed by atoms with Crippen molar-refractivity contribution in [1.29, 1.82) is 0 Å². The standard InChI is InChI=1S/C30H36N2O8S/c1-37-17-39-22-10-9-19-15-24-30(34)12-11-21(31-41(35,36)23-6-4-3-5-20(23)28(33)38-2)27-29(30,25(19)26(22)40-27)13-14-32(24)16-18-7-8-18/h3-6,9-10,18,21,24,27,31,34H,7-8,11-17H2,1-2H3/t21-,24-,27+,29+,30?/m1/s1. The summed E-state index contributed by atoms with van der Waals surface area (Å²) in [6.07, 6.45) is 3.96. The maximum Gasteiger partial charge on any atom is 0.339 e. The molecule has 41 heavy (non-hydrogen) atoms. The summed E-state index contributed by atoms with van der Waals surface area (Å²) in [4.78, 5) is 14.7. The first-order valence-corrected chi connectivity index (χ1v) is 15.8. The molecule has 2 bridgehead atoms. The number of nitrogens with zero attached hydrogens (tertiary/aromatic N) is 1. The highest BCUT2D eigenvalue weighted by atomic mass is 32.2. The van der Waals surface area contributed by atoms with E-state index in [4.69, 9.17) is 18.9 Å². The van der Waals surface area contributed by atoms with Crippen molar-refractivity contribution in [1.82, 2.24) is 9.62 Å². The Morgan fingerprint density at radius 3 is 2.71 bits per heavy atom. The topological polar surface area (TPSA) is 124 Å². The van der Waals surface area contributed by atoms with Crippen LogP contribution in [0.5, 0.6) is 11.5 Å². The van der Waals surface area contributed by atoms with Gasteiger partial charge >= 0.3 is 5.97 Å². The number of carbonyl (C=O) groups is 1. The zero-order chi connectivity index (χ0) is 28.6. The molecule has 0 aromatic heterocycles. The molecule has 220 valence electrons. The van der Waals surface area contributed by atoms with Gasteiger partial charge in [0.05, 0.1) is 34.6 Å². The molecule has 5 atom stereocenters. The number of piperidine rings is 1. The van der Waals surface area contributed by atoms with Crippen LogP contribution in [0.2, 0.25) is 0 Å². The summed E-state index contributed by atoms with van der Waals surface area (Å²) in [7, 11) is -1.38. The van der Waals surface area contributed by atoms with E-state index in [2.05, 4.69) is 15.7 Å². The Morgan fingerprint density at radius 1 is 1.15 bits per heavy atom. The van der Waals surface area contributed by atoms with Crippen LogP contribution in [0, 0.1) is 5.92 Å². The minimum atomic E-state index is -4.15. The van der Waals surface area contributed by atoms with E-state index in [1.165, 1.54) is 32.1 Å². The summed E-state index contributed by atoms with van der Waals surface area (Å²) < 4.78 is 53.1. The summed E-state index contributed by atoms with van der Waals surface area (Å²) in [5.41, 5.74) is 0.129. The average molecular weight is 585 g/mol. The molecule has 1 unspecified atom stereocenters. The Kier molecular flexibility index (Phi) is 6.40. The zero-order valence-electron chi connectivity index (χ0n) is 23.3. The van der Waals surface area contributed by atoms with Gasteiger partial charge in [0.2, 0.25) is 10.0 Å². The molecule has 3 aliphatic carbocycles. The number of sulfonamides is 1. The molecular weight excluding hydrogens is 548 g/mol. The lowest BCUT2D eigenvalue weighted by atomic mass is 9.48. The third kappa shape index (κ3) is 3.96. The highest BCUT2D eigenvalue weighted by Gasteiger charge is 2.73. The summed E-state index contributed by atoms with van der Waals surface area (Å²) in [5, 5.41) is 12.7. The number of hydrogen-bond acceptors (Lipinski definition) is 9. The van der Waals surface area contributed by atoms with Gasteiger partial charge in [0.15, 0.2) is 18.3 Å². The number of methoxy groups -OCH3 is 2. The van der Waals surface area contributed by atoms with Crippen LogP contribution in [0.4, 0.5) is 0 Å². The first-order valence-electron chi connectivity index (χ1n) is 14.3. The molecule has 2 saturated carbocycles. The van der Waals surface area contributed by atoms with Gasteiger partial charge in [0.1, 0.15) is 6.10 Å². The van der Waals surface area contributed by atoms with Gasteiger partial charge in [-0.1, -0.05) is 18.2 Å². The second-order valence-corrected chi connectivity index (χ2v) is 13.8. The van der Waals surface area contributed by atoms with Gasteiger partial charge in [-0.25, -0.2) is 17.9 Å². The van der Waals surface area contributed by atoms with Crippen molar-refractivity contribution in [2.24, 2.45) is 5.92 Å². The predicted molar refractivity (Wildman–Crippen MR) is 148 cm³/mol. The van der Waals surface area contributed by atoms with E-state index in [1.807, 2.05) is 6.07 Å². The average Bonchev–Trinajstić information content (AvgIpc) is 3.71. The van der Waals surface area contributed by atoms with Gasteiger partial charge in [-0.2, -0.15) is 0 Å². The van der Waals surface area contributed by atoms with Crippen molar-refractivity contribution in [3.8, 4) is 11.5 Å². The SMILES string of the molecule is COCOc1ccc2c3c1O[C@H]1[C@H](NS(=O)(=O)c4ccccc4C(=O)OC)CCC4(O)[C@@H](C2)N(CC2CC2)CC[C@]314. The molecule has 11 heteroatoms. The smallest absolute Gasteiger partial charge is 0.339 e. The molecule has 0 radical (unpaired) electrons. The molecule has 2 aliphatic heterocycles. The molecule has 5 aliphatic rings. The highest BCUT2D eigenvalue weighted by molar-refractivity contribution is 7.89. The molecule has 0 amide bonds. The molecule has 1 spiro atoms. The molecule has 2 N–H and O–H groups in total. The number of esters is 1. The van der Waals surface area contributed by atoms with Crippen molar-refractivity contribution in [2.75, 3.05) is 34.1 Å². The number of ether oxygens (including phenoxy) is 4. The van der Waals surface area contributed by atoms with Gasteiger partial charge in [0.25, 0.3) is 0 Å². The van der Waals surface area contributed by atoms with Crippen molar-refractivity contribution in [2.45, 2.75) is 72.6 Å². The van der Waals surface area contributed by atoms with E-state index >= 15 is 0 Å². The number of aliphatic hydroxyl groups is 1. The molecule has 2 heterocycles. The second-order valence-electron chi connectivity index (χ2n) is 12.1. The summed E-state index contributed by atoms with van der Waals surface area (Å²) in [5.74, 6) is 1.05. The van der Waals surface area contributed by atoms with Crippen molar-refractivity contribution in [3.63, 3.8) is 0 Å². The molecule has 2 aromatic carbocycles. The van der Waals surface area contributed by atoms with Crippen LogP contribution in [0.15, 0.2) is 41.3 Å². The van der Waals surface area contributed by atoms with E-state index in [1.54, 1.807) is 19.2 Å². The van der Waals surface area contributed by atoms with Crippen LogP contribution in [0.25, 0.3) is 0 Å². The van der Waals surface area contributed by atoms with Gasteiger partial charge in [-0.3, -0.25) is 4.90 Å². The fourth-order valence-corrected chi connectivity index (χ4v) is 9.54. The lowest BCUT2D eigenvalue weighted by Gasteiger charge is -2.64. The van der Waals surface area contributed by atoms with E-state index in [0.29, 0.717) is 43.1 Å². The Balaban J connectivity index is 1.31. The minimum Gasteiger partial charge on any atom is -0.483 e. The Morgan fingerprint density at radius 2 is 1.95 bits per heavy atom. The molecule has 10 nitrogen and oxygen atoms in total. The van der Waals surface area contributed by atoms with Crippen LogP contribution >= 0.6 is 0 Å². The largest absolute Gasteiger partial charge is 0.483 e. The number of benzene rings is 2. The molecule has 1 saturated heterocycles. The molecule has 2 aromatic rings. The highest BCUT2D eigenvalue weighted by Crippen LogP contribution is 2.65. The predicted octanol–water partition coefficient (Wildman–Crippen LogP) is 2.37. The quantitative estimate of drug-likeness (QED) is 0.338. The molecule has 7 rings (SSSR count). The third-order valence-corrected chi connectivity index (χ3v) is 11.5. The fourth-order valence-electron chi connectivity index (χ4n) is 8.07. The van der Waals surface area contributed by atoms with Crippen LogP contribution in [0.1, 0.15) is 53.6 Å². The zero-order valence-corrected chi connectivity index (χ0v) is 24.1. The summed E-state index contributed by atoms with van der Waals surface area (Å²) in [6.45, 7) is 1.82. The monoisotopic (exact) mass is 584 g/mol. The summed E-state index contributed by atoms with van der Waals surface area (Å²) in [6, 6.07) is 9.24. The number of nitrogens with one attached hydrogen (secondary N) is 1. The third-order valence-electron chi connectivity index (χ3n) is 9.97. The van der Waals surface area contributed by atoms with Gasteiger partial charge in [0, 0.05) is 25.3 Å². The van der Waals surface area contributed by atoms with Gasteiger partial charge in [-0.05, 0) is 74.8 Å². The molecular formula is C30H36N2O8S.